The number of hydrogen-bond acceptors (Lipinski definition) is 4. The maximum Gasteiger partial charge on any atom is 0.336 e. The Kier molecular flexibility index (Phi) is 5.32. The fraction of sp³-hybridized carbons (Fsp3) is 0.478. The summed E-state index contributed by atoms with van der Waals surface area (Å²) >= 11 is 3.58. The molecule has 154 valence electrons. The number of alkyl halides is 1. The zero-order valence-corrected chi connectivity index (χ0v) is 18.3. The molecule has 4 rings (SSSR count). The molecule has 3 unspecified atom stereocenters. The van der Waals surface area contributed by atoms with Crippen LogP contribution >= 0.6 is 15.9 Å². The first-order chi connectivity index (χ1) is 13.8. The zero-order valence-electron chi connectivity index (χ0n) is 16.7. The number of rotatable bonds is 4. The van der Waals surface area contributed by atoms with Crippen molar-refractivity contribution >= 4 is 33.4 Å². The average Bonchev–Trinajstić information content (AvgIpc) is 2.69. The van der Waals surface area contributed by atoms with Crippen LogP contribution in [0.3, 0.4) is 0 Å². The van der Waals surface area contributed by atoms with Crippen molar-refractivity contribution in [2.45, 2.75) is 44.4 Å². The number of carboxylic acid groups (broad SMARTS) is 1. The first-order valence-electron chi connectivity index (χ1n) is 10.3. The topological polar surface area (TPSA) is 77.8 Å². The van der Waals surface area contributed by atoms with Gasteiger partial charge in [-0.05, 0) is 49.1 Å². The van der Waals surface area contributed by atoms with Crippen molar-refractivity contribution in [3.63, 3.8) is 0 Å². The summed E-state index contributed by atoms with van der Waals surface area (Å²) in [4.78, 5) is 27.8. The van der Waals surface area contributed by atoms with Gasteiger partial charge >= 0.3 is 5.97 Å². The molecule has 2 heterocycles. The smallest absolute Gasteiger partial charge is 0.336 e. The van der Waals surface area contributed by atoms with E-state index in [4.69, 9.17) is 0 Å². The van der Waals surface area contributed by atoms with Gasteiger partial charge in [0.25, 0.3) is 0 Å². The second kappa shape index (κ2) is 7.63. The number of hydrogen-bond donors (Lipinski definition) is 2. The molecule has 0 radical (unpaired) electrons. The average molecular weight is 460 g/mol. The van der Waals surface area contributed by atoms with Gasteiger partial charge in [0.1, 0.15) is 5.75 Å². The Bertz CT molecular complexity index is 945. The van der Waals surface area contributed by atoms with Crippen molar-refractivity contribution in [1.82, 2.24) is 0 Å². The van der Waals surface area contributed by atoms with E-state index in [2.05, 4.69) is 20.8 Å². The third-order valence-corrected chi connectivity index (χ3v) is 7.04. The Hall–Kier alpha value is -2.08. The highest BCUT2D eigenvalue weighted by molar-refractivity contribution is 9.09. The quantitative estimate of drug-likeness (QED) is 0.519. The van der Waals surface area contributed by atoms with E-state index in [1.807, 2.05) is 13.8 Å². The van der Waals surface area contributed by atoms with Gasteiger partial charge in [0, 0.05) is 34.7 Å². The predicted molar refractivity (Wildman–Crippen MR) is 116 cm³/mol. The number of halogens is 1. The standard InChI is InChI=1S/C23H26BrNO4/c1-12-9-18(23(28)29)17(11-16(12)13(2)24)22(27)19-10-14-5-3-7-25-8-4-6-15(20(14)25)21(19)26/h9-13,16,26H,3-8H2,1-2H3,(H,28,29). The van der Waals surface area contributed by atoms with Crippen molar-refractivity contribution in [2.75, 3.05) is 18.0 Å². The first-order valence-corrected chi connectivity index (χ1v) is 11.2. The number of carbonyl (C=O) groups excluding carboxylic acids is 1. The lowest BCUT2D eigenvalue weighted by atomic mass is 9.78. The van der Waals surface area contributed by atoms with Crippen LogP contribution in [0.25, 0.3) is 0 Å². The maximum absolute atomic E-state index is 13.5. The highest BCUT2D eigenvalue weighted by atomic mass is 79.9. The molecular formula is C23H26BrNO4. The third-order valence-electron chi connectivity index (χ3n) is 6.43. The van der Waals surface area contributed by atoms with E-state index in [0.717, 1.165) is 55.6 Å². The number of allylic oxidation sites excluding steroid dienone is 2. The van der Waals surface area contributed by atoms with Gasteiger partial charge in [-0.1, -0.05) is 41.9 Å². The minimum atomic E-state index is -1.11. The van der Waals surface area contributed by atoms with Crippen LogP contribution < -0.4 is 4.90 Å². The zero-order chi connectivity index (χ0) is 20.9. The summed E-state index contributed by atoms with van der Waals surface area (Å²) in [7, 11) is 0. The minimum absolute atomic E-state index is 0.00105. The lowest BCUT2D eigenvalue weighted by Crippen LogP contribution is -2.35. The van der Waals surface area contributed by atoms with Crippen molar-refractivity contribution in [3.8, 4) is 5.75 Å². The SMILES string of the molecule is CC(Br)C1C=C(C(=O)c2cc3c4c(c2O)CCCN4CCC3)C(C(=O)O)=CC1C. The van der Waals surface area contributed by atoms with Crippen molar-refractivity contribution in [2.24, 2.45) is 11.8 Å². The summed E-state index contributed by atoms with van der Waals surface area (Å²) in [5.74, 6) is -1.48. The highest BCUT2D eigenvalue weighted by Gasteiger charge is 2.34. The lowest BCUT2D eigenvalue weighted by Gasteiger charge is -2.37. The molecule has 2 aliphatic heterocycles. The van der Waals surface area contributed by atoms with Crippen molar-refractivity contribution in [3.05, 3.63) is 46.1 Å². The molecule has 5 nitrogen and oxygen atoms in total. The van der Waals surface area contributed by atoms with Crippen molar-refractivity contribution in [1.29, 1.82) is 0 Å². The molecule has 1 aromatic rings. The second-order valence-corrected chi connectivity index (χ2v) is 9.81. The molecule has 0 saturated heterocycles. The van der Waals surface area contributed by atoms with Crippen LogP contribution in [0.1, 0.15) is 48.2 Å². The Morgan fingerprint density at radius 2 is 1.86 bits per heavy atom. The van der Waals surface area contributed by atoms with Gasteiger partial charge in [-0.3, -0.25) is 4.79 Å². The number of aromatic hydroxyl groups is 1. The summed E-state index contributed by atoms with van der Waals surface area (Å²) in [5, 5.41) is 20.7. The second-order valence-electron chi connectivity index (χ2n) is 8.36. The number of ketones is 1. The van der Waals surface area contributed by atoms with Gasteiger partial charge in [-0.25, -0.2) is 4.79 Å². The fourth-order valence-corrected chi connectivity index (χ4v) is 5.63. The summed E-state index contributed by atoms with van der Waals surface area (Å²) < 4.78 is 0. The molecule has 0 spiro atoms. The number of nitrogens with zero attached hydrogens (tertiary/aromatic N) is 1. The number of Topliss-reactive ketones (excluding diaryl/α,β-unsaturated/α-hetero) is 1. The van der Waals surface area contributed by atoms with Crippen LogP contribution in [-0.2, 0) is 17.6 Å². The molecular weight excluding hydrogens is 434 g/mol. The van der Waals surface area contributed by atoms with E-state index in [1.165, 1.54) is 0 Å². The lowest BCUT2D eigenvalue weighted by molar-refractivity contribution is -0.132. The monoisotopic (exact) mass is 459 g/mol. The molecule has 29 heavy (non-hydrogen) atoms. The Morgan fingerprint density at radius 3 is 2.52 bits per heavy atom. The van der Waals surface area contributed by atoms with E-state index >= 15 is 0 Å². The Morgan fingerprint density at radius 1 is 1.17 bits per heavy atom. The molecule has 2 N–H and O–H groups in total. The van der Waals surface area contributed by atoms with E-state index in [9.17, 15) is 19.8 Å². The van der Waals surface area contributed by atoms with Crippen LogP contribution in [0.4, 0.5) is 5.69 Å². The largest absolute Gasteiger partial charge is 0.507 e. The maximum atomic E-state index is 13.5. The number of anilines is 1. The molecule has 0 amide bonds. The Balaban J connectivity index is 1.82. The number of phenolic OH excluding ortho intramolecular Hbond substituents is 1. The number of benzene rings is 1. The van der Waals surface area contributed by atoms with Crippen LogP contribution in [0.5, 0.6) is 5.75 Å². The summed E-state index contributed by atoms with van der Waals surface area (Å²) in [6.07, 6.45) is 7.02. The van der Waals surface area contributed by atoms with E-state index < -0.39 is 11.8 Å². The molecule has 3 aliphatic rings. The summed E-state index contributed by atoms with van der Waals surface area (Å²) in [6, 6.07) is 1.79. The number of aryl methyl sites for hydroxylation is 1. The van der Waals surface area contributed by atoms with Crippen molar-refractivity contribution < 1.29 is 19.8 Å². The van der Waals surface area contributed by atoms with Crippen LogP contribution in [0.2, 0.25) is 0 Å². The first kappa shape index (κ1) is 20.2. The van der Waals surface area contributed by atoms with Gasteiger partial charge in [0.15, 0.2) is 5.78 Å². The van der Waals surface area contributed by atoms with Gasteiger partial charge in [0.05, 0.1) is 11.1 Å². The van der Waals surface area contributed by atoms with E-state index in [0.29, 0.717) is 0 Å². The molecule has 0 aromatic heterocycles. The predicted octanol–water partition coefficient (Wildman–Crippen LogP) is 4.26. The highest BCUT2D eigenvalue weighted by Crippen LogP contribution is 2.43. The molecule has 6 heteroatoms. The van der Waals surface area contributed by atoms with Crippen LogP contribution in [-0.4, -0.2) is 39.9 Å². The molecule has 0 fully saturated rings. The molecule has 0 bridgehead atoms. The van der Waals surface area contributed by atoms with Crippen LogP contribution in [0.15, 0.2) is 29.4 Å². The number of carboxylic acids is 1. The number of aliphatic carboxylic acids is 1. The summed E-state index contributed by atoms with van der Waals surface area (Å²) in [6.45, 7) is 5.91. The minimum Gasteiger partial charge on any atom is -0.507 e. The van der Waals surface area contributed by atoms with E-state index in [1.54, 1.807) is 18.2 Å². The normalized spacial score (nSPS) is 24.3. The van der Waals surface area contributed by atoms with Gasteiger partial charge in [-0.15, -0.1) is 0 Å². The van der Waals surface area contributed by atoms with Crippen LogP contribution in [0, 0.1) is 11.8 Å². The molecule has 3 atom stereocenters. The van der Waals surface area contributed by atoms with Gasteiger partial charge in [0.2, 0.25) is 0 Å². The van der Waals surface area contributed by atoms with E-state index in [-0.39, 0.29) is 39.1 Å². The fourth-order valence-electron chi connectivity index (χ4n) is 4.99. The molecule has 0 saturated carbocycles. The third kappa shape index (κ3) is 3.41. The number of phenols is 1. The van der Waals surface area contributed by atoms with Gasteiger partial charge < -0.3 is 15.1 Å². The molecule has 1 aliphatic carbocycles. The molecule has 1 aromatic carbocycles. The summed E-state index contributed by atoms with van der Waals surface area (Å²) in [5.41, 5.74) is 3.45. The number of carbonyl (C=O) groups is 2. The van der Waals surface area contributed by atoms with Gasteiger partial charge in [-0.2, -0.15) is 0 Å². The Labute approximate surface area is 179 Å².